The van der Waals surface area contributed by atoms with Crippen LogP contribution in [0.4, 0.5) is 5.69 Å². The number of hydrogen-bond acceptors (Lipinski definition) is 5. The standard InChI is InChI=1S/C21H31Cl2N5O3/c1-13(2)19(21(30)31)26-20(29)15(24)5-7-18-25-16-12-14(4-6-17(16)27(18)3)28(10-8-22)11-9-23/h4,6,12-13,15,19H,5,7-11,24H2,1-3H3,(H,26,29)(H,30,31)/t15-,19-/m0/s1. The highest BCUT2D eigenvalue weighted by Gasteiger charge is 2.26. The largest absolute Gasteiger partial charge is 0.480 e. The third-order valence-electron chi connectivity index (χ3n) is 5.28. The van der Waals surface area contributed by atoms with Crippen molar-refractivity contribution >= 4 is 51.8 Å². The lowest BCUT2D eigenvalue weighted by atomic mass is 10.0. The molecule has 172 valence electrons. The third kappa shape index (κ3) is 6.48. The number of benzene rings is 1. The Labute approximate surface area is 192 Å². The highest BCUT2D eigenvalue weighted by molar-refractivity contribution is 6.18. The monoisotopic (exact) mass is 471 g/mol. The van der Waals surface area contributed by atoms with Gasteiger partial charge in [0.05, 0.1) is 17.1 Å². The van der Waals surface area contributed by atoms with E-state index in [2.05, 4.69) is 10.2 Å². The number of alkyl halides is 2. The number of carboxylic acid groups (broad SMARTS) is 1. The number of carbonyl (C=O) groups excluding carboxylic acids is 1. The average Bonchev–Trinajstić information content (AvgIpc) is 3.04. The van der Waals surface area contributed by atoms with Gasteiger partial charge in [-0.25, -0.2) is 9.78 Å². The van der Waals surface area contributed by atoms with Gasteiger partial charge in [-0.1, -0.05) is 13.8 Å². The Hall–Kier alpha value is -2.03. The molecule has 0 fully saturated rings. The average molecular weight is 472 g/mol. The van der Waals surface area contributed by atoms with Gasteiger partial charge >= 0.3 is 5.97 Å². The van der Waals surface area contributed by atoms with E-state index in [0.29, 0.717) is 37.7 Å². The quantitative estimate of drug-likeness (QED) is 0.409. The summed E-state index contributed by atoms with van der Waals surface area (Å²) in [6, 6.07) is 4.24. The van der Waals surface area contributed by atoms with E-state index in [0.717, 1.165) is 22.5 Å². The molecular formula is C21H31Cl2N5O3. The van der Waals surface area contributed by atoms with Crippen molar-refractivity contribution in [2.24, 2.45) is 18.7 Å². The van der Waals surface area contributed by atoms with E-state index >= 15 is 0 Å². The lowest BCUT2D eigenvalue weighted by Gasteiger charge is -2.22. The summed E-state index contributed by atoms with van der Waals surface area (Å²) >= 11 is 11.8. The number of carboxylic acids is 1. The molecule has 2 aromatic rings. The van der Waals surface area contributed by atoms with E-state index in [9.17, 15) is 14.7 Å². The second-order valence-corrected chi connectivity index (χ2v) is 8.59. The van der Waals surface area contributed by atoms with Gasteiger partial charge in [-0.2, -0.15) is 0 Å². The molecule has 0 aliphatic carbocycles. The first kappa shape index (κ1) is 25.2. The number of rotatable bonds is 12. The summed E-state index contributed by atoms with van der Waals surface area (Å²) in [5, 5.41) is 11.8. The van der Waals surface area contributed by atoms with Gasteiger partial charge in [-0.05, 0) is 30.5 Å². The number of halogens is 2. The van der Waals surface area contributed by atoms with Crippen LogP contribution in [0.2, 0.25) is 0 Å². The SMILES string of the molecule is CC(C)[C@H](NC(=O)[C@@H](N)CCc1nc2cc(N(CCCl)CCCl)ccc2n1C)C(=O)O. The number of nitrogens with one attached hydrogen (secondary N) is 1. The van der Waals surface area contributed by atoms with Crippen LogP contribution in [0, 0.1) is 5.92 Å². The maximum Gasteiger partial charge on any atom is 0.326 e. The maximum atomic E-state index is 12.3. The normalized spacial score (nSPS) is 13.4. The van der Waals surface area contributed by atoms with Gasteiger partial charge in [0.1, 0.15) is 11.9 Å². The lowest BCUT2D eigenvalue weighted by molar-refractivity contribution is -0.143. The first-order chi connectivity index (χ1) is 14.7. The highest BCUT2D eigenvalue weighted by atomic mass is 35.5. The second-order valence-electron chi connectivity index (χ2n) is 7.84. The molecule has 0 aliphatic heterocycles. The maximum absolute atomic E-state index is 12.3. The van der Waals surface area contributed by atoms with E-state index < -0.39 is 24.0 Å². The number of aromatic nitrogens is 2. The topological polar surface area (TPSA) is 113 Å². The minimum absolute atomic E-state index is 0.236. The fourth-order valence-electron chi connectivity index (χ4n) is 3.42. The summed E-state index contributed by atoms with van der Waals surface area (Å²) in [6.07, 6.45) is 0.840. The van der Waals surface area contributed by atoms with Gasteiger partial charge < -0.3 is 25.6 Å². The molecule has 0 radical (unpaired) electrons. The zero-order valence-electron chi connectivity index (χ0n) is 18.1. The predicted octanol–water partition coefficient (Wildman–Crippen LogP) is 2.34. The molecule has 31 heavy (non-hydrogen) atoms. The van der Waals surface area contributed by atoms with Crippen LogP contribution in [-0.2, 0) is 23.1 Å². The van der Waals surface area contributed by atoms with E-state index in [4.69, 9.17) is 33.9 Å². The van der Waals surface area contributed by atoms with E-state index in [1.807, 2.05) is 29.8 Å². The van der Waals surface area contributed by atoms with E-state index in [1.165, 1.54) is 0 Å². The Bertz CT molecular complexity index is 897. The minimum Gasteiger partial charge on any atom is -0.480 e. The van der Waals surface area contributed by atoms with Crippen molar-refractivity contribution in [2.75, 3.05) is 29.7 Å². The molecule has 0 bridgehead atoms. The fourth-order valence-corrected chi connectivity index (χ4v) is 3.83. The number of nitrogens with zero attached hydrogens (tertiary/aromatic N) is 3. The van der Waals surface area contributed by atoms with Gasteiger partial charge in [0.2, 0.25) is 5.91 Å². The van der Waals surface area contributed by atoms with Crippen molar-refractivity contribution in [3.8, 4) is 0 Å². The molecule has 1 aromatic carbocycles. The van der Waals surface area contributed by atoms with Gasteiger partial charge in [-0.3, -0.25) is 4.79 Å². The number of hydrogen-bond donors (Lipinski definition) is 3. The van der Waals surface area contributed by atoms with Crippen LogP contribution in [-0.4, -0.2) is 63.5 Å². The van der Waals surface area contributed by atoms with Crippen LogP contribution in [0.25, 0.3) is 11.0 Å². The molecule has 2 rings (SSSR count). The van der Waals surface area contributed by atoms with Gasteiger partial charge in [0, 0.05) is 44.0 Å². The lowest BCUT2D eigenvalue weighted by Crippen LogP contribution is -2.50. The summed E-state index contributed by atoms with van der Waals surface area (Å²) < 4.78 is 1.98. The molecule has 0 saturated heterocycles. The van der Waals surface area contributed by atoms with Crippen molar-refractivity contribution in [3.63, 3.8) is 0 Å². The minimum atomic E-state index is -1.07. The van der Waals surface area contributed by atoms with Crippen LogP contribution in [0.15, 0.2) is 18.2 Å². The van der Waals surface area contributed by atoms with Crippen molar-refractivity contribution in [1.29, 1.82) is 0 Å². The zero-order chi connectivity index (χ0) is 23.1. The third-order valence-corrected chi connectivity index (χ3v) is 5.62. The Balaban J connectivity index is 2.10. The predicted molar refractivity (Wildman–Crippen MR) is 125 cm³/mol. The first-order valence-electron chi connectivity index (χ1n) is 10.3. The first-order valence-corrected chi connectivity index (χ1v) is 11.4. The van der Waals surface area contributed by atoms with Crippen molar-refractivity contribution in [1.82, 2.24) is 14.9 Å². The van der Waals surface area contributed by atoms with Crippen molar-refractivity contribution in [3.05, 3.63) is 24.0 Å². The Morgan fingerprint density at radius 2 is 1.90 bits per heavy atom. The number of fused-ring (bicyclic) bond motifs is 1. The molecule has 8 nitrogen and oxygen atoms in total. The van der Waals surface area contributed by atoms with E-state index in [1.54, 1.807) is 13.8 Å². The molecule has 0 aliphatic rings. The molecule has 0 spiro atoms. The second kappa shape index (κ2) is 11.5. The molecule has 0 unspecified atom stereocenters. The van der Waals surface area contributed by atoms with Crippen LogP contribution in [0.3, 0.4) is 0 Å². The van der Waals surface area contributed by atoms with Crippen molar-refractivity contribution in [2.45, 2.75) is 38.8 Å². The van der Waals surface area contributed by atoms with Crippen LogP contribution >= 0.6 is 23.2 Å². The van der Waals surface area contributed by atoms with Crippen molar-refractivity contribution < 1.29 is 14.7 Å². The van der Waals surface area contributed by atoms with Crippen LogP contribution in [0.1, 0.15) is 26.1 Å². The zero-order valence-corrected chi connectivity index (χ0v) is 19.7. The number of anilines is 1. The van der Waals surface area contributed by atoms with Gasteiger partial charge in [0.15, 0.2) is 0 Å². The summed E-state index contributed by atoms with van der Waals surface area (Å²) in [5.41, 5.74) is 8.83. The number of amides is 1. The molecule has 10 heteroatoms. The highest BCUT2D eigenvalue weighted by Crippen LogP contribution is 2.23. The number of nitrogens with two attached hydrogens (primary N) is 1. The number of carbonyl (C=O) groups is 2. The molecular weight excluding hydrogens is 441 g/mol. The summed E-state index contributed by atoms with van der Waals surface area (Å²) in [5.74, 6) is 0.0261. The molecule has 4 N–H and O–H groups in total. The Kier molecular flexibility index (Phi) is 9.40. The smallest absolute Gasteiger partial charge is 0.326 e. The van der Waals surface area contributed by atoms with Crippen LogP contribution < -0.4 is 16.0 Å². The number of imidazole rings is 1. The Morgan fingerprint density at radius 1 is 1.26 bits per heavy atom. The van der Waals surface area contributed by atoms with E-state index in [-0.39, 0.29) is 5.92 Å². The summed E-state index contributed by atoms with van der Waals surface area (Å²) in [4.78, 5) is 30.4. The van der Waals surface area contributed by atoms with Crippen LogP contribution in [0.5, 0.6) is 0 Å². The van der Waals surface area contributed by atoms with Gasteiger partial charge in [-0.15, -0.1) is 23.2 Å². The fraction of sp³-hybridized carbons (Fsp3) is 0.571. The summed E-state index contributed by atoms with van der Waals surface area (Å²) in [7, 11) is 1.92. The molecule has 1 aromatic heterocycles. The summed E-state index contributed by atoms with van der Waals surface area (Å²) in [6.45, 7) is 4.85. The molecule has 1 heterocycles. The Morgan fingerprint density at radius 3 is 2.45 bits per heavy atom. The van der Waals surface area contributed by atoms with Gasteiger partial charge in [0.25, 0.3) is 0 Å². The molecule has 1 amide bonds. The molecule has 0 saturated carbocycles. The number of aryl methyl sites for hydroxylation is 2. The number of aliphatic carboxylic acids is 1. The molecule has 2 atom stereocenters.